The number of carbonyl (C=O) groups is 1. The maximum Gasteiger partial charge on any atom is 0.317 e. The summed E-state index contributed by atoms with van der Waals surface area (Å²) < 4.78 is 5.21. The highest BCUT2D eigenvalue weighted by molar-refractivity contribution is 5.74. The van der Waals surface area contributed by atoms with Crippen molar-refractivity contribution in [3.05, 3.63) is 42.4 Å². The van der Waals surface area contributed by atoms with Gasteiger partial charge in [-0.1, -0.05) is 0 Å². The number of rotatable bonds is 3. The number of amides is 2. The summed E-state index contributed by atoms with van der Waals surface area (Å²) in [6.07, 6.45) is 5.14. The Morgan fingerprint density at radius 2 is 2.48 bits per heavy atom. The van der Waals surface area contributed by atoms with Crippen molar-refractivity contribution in [2.45, 2.75) is 12.6 Å². The molecule has 0 bridgehead atoms. The molecule has 1 aliphatic rings. The average Bonchev–Trinajstić information content (AvgIpc) is 3.18. The van der Waals surface area contributed by atoms with Crippen molar-refractivity contribution in [1.82, 2.24) is 25.1 Å². The van der Waals surface area contributed by atoms with Crippen LogP contribution in [0, 0.1) is 0 Å². The number of imidazole rings is 1. The Balaban J connectivity index is 1.59. The number of hydrogen-bond acceptors (Lipinski definition) is 4. The van der Waals surface area contributed by atoms with E-state index in [2.05, 4.69) is 20.2 Å². The highest BCUT2D eigenvalue weighted by atomic mass is 16.3. The van der Waals surface area contributed by atoms with Crippen LogP contribution >= 0.6 is 0 Å². The molecule has 3 rings (SSSR count). The number of H-pyrrole nitrogens is 1. The van der Waals surface area contributed by atoms with Gasteiger partial charge >= 0.3 is 6.03 Å². The summed E-state index contributed by atoms with van der Waals surface area (Å²) in [5.74, 6) is 1.64. The van der Waals surface area contributed by atoms with Gasteiger partial charge in [0.15, 0.2) is 0 Å². The van der Waals surface area contributed by atoms with E-state index in [0.29, 0.717) is 19.6 Å². The average molecular weight is 289 g/mol. The topological polar surface area (TPSA) is 77.4 Å². The monoisotopic (exact) mass is 289 g/mol. The second-order valence-corrected chi connectivity index (χ2v) is 5.15. The first-order chi connectivity index (χ1) is 10.2. The lowest BCUT2D eigenvalue weighted by atomic mass is 10.1. The van der Waals surface area contributed by atoms with Crippen molar-refractivity contribution in [3.63, 3.8) is 0 Å². The van der Waals surface area contributed by atoms with Crippen molar-refractivity contribution in [2.24, 2.45) is 0 Å². The number of piperazine rings is 1. The summed E-state index contributed by atoms with van der Waals surface area (Å²) in [6, 6.07) is 3.68. The van der Waals surface area contributed by atoms with Crippen LogP contribution in [0.2, 0.25) is 0 Å². The van der Waals surface area contributed by atoms with Gasteiger partial charge in [0.1, 0.15) is 11.6 Å². The van der Waals surface area contributed by atoms with E-state index in [9.17, 15) is 4.79 Å². The minimum Gasteiger partial charge on any atom is -0.467 e. The molecule has 7 nitrogen and oxygen atoms in total. The molecule has 1 saturated heterocycles. The van der Waals surface area contributed by atoms with E-state index in [0.717, 1.165) is 18.1 Å². The molecule has 21 heavy (non-hydrogen) atoms. The molecule has 0 unspecified atom stereocenters. The fourth-order valence-electron chi connectivity index (χ4n) is 2.50. The van der Waals surface area contributed by atoms with Gasteiger partial charge in [-0.3, -0.25) is 4.90 Å². The summed E-state index contributed by atoms with van der Waals surface area (Å²) in [4.78, 5) is 23.7. The van der Waals surface area contributed by atoms with E-state index in [4.69, 9.17) is 4.42 Å². The molecule has 1 aliphatic heterocycles. The highest BCUT2D eigenvalue weighted by Gasteiger charge is 2.29. The third kappa shape index (κ3) is 3.08. The number of furan rings is 1. The smallest absolute Gasteiger partial charge is 0.317 e. The number of carbonyl (C=O) groups excluding carboxylic acids is 1. The summed E-state index contributed by atoms with van der Waals surface area (Å²) in [5, 5.41) is 2.88. The van der Waals surface area contributed by atoms with Gasteiger partial charge in [-0.05, 0) is 19.2 Å². The van der Waals surface area contributed by atoms with Crippen LogP contribution in [0.5, 0.6) is 0 Å². The van der Waals surface area contributed by atoms with Crippen molar-refractivity contribution >= 4 is 6.03 Å². The van der Waals surface area contributed by atoms with Gasteiger partial charge in [0.05, 0.1) is 18.8 Å². The van der Waals surface area contributed by atoms with Crippen molar-refractivity contribution in [1.29, 1.82) is 0 Å². The van der Waals surface area contributed by atoms with Crippen molar-refractivity contribution in [2.75, 3.05) is 26.7 Å². The molecular weight excluding hydrogens is 270 g/mol. The minimum absolute atomic E-state index is 0.0731. The van der Waals surface area contributed by atoms with Gasteiger partial charge < -0.3 is 19.6 Å². The summed E-state index contributed by atoms with van der Waals surface area (Å²) in [5.41, 5.74) is 0. The predicted octanol–water partition coefficient (Wildman–Crippen LogP) is 1.20. The van der Waals surface area contributed by atoms with Crippen LogP contribution in [-0.2, 0) is 6.54 Å². The Morgan fingerprint density at radius 3 is 3.19 bits per heavy atom. The number of nitrogens with one attached hydrogen (secondary N) is 2. The molecule has 0 aromatic carbocycles. The molecule has 1 atom stereocenters. The lowest BCUT2D eigenvalue weighted by Crippen LogP contribution is -2.52. The van der Waals surface area contributed by atoms with E-state index < -0.39 is 0 Å². The summed E-state index contributed by atoms with van der Waals surface area (Å²) in [7, 11) is 2.05. The molecule has 2 N–H and O–H groups in total. The molecule has 0 radical (unpaired) electrons. The van der Waals surface area contributed by atoms with Crippen LogP contribution in [0.3, 0.4) is 0 Å². The zero-order valence-electron chi connectivity index (χ0n) is 12.0. The first-order valence-corrected chi connectivity index (χ1v) is 6.98. The number of likely N-dealkylation sites (N-methyl/N-ethyl adjacent to an activating group) is 1. The molecule has 0 spiro atoms. The van der Waals surface area contributed by atoms with E-state index in [1.807, 2.05) is 24.1 Å². The Labute approximate surface area is 122 Å². The molecule has 1 fully saturated rings. The third-order valence-corrected chi connectivity index (χ3v) is 3.76. The zero-order chi connectivity index (χ0) is 14.7. The second-order valence-electron chi connectivity index (χ2n) is 5.15. The SMILES string of the molecule is CN1CCN(C(=O)NCc2ccco2)C[C@@H]1c1ncc[nH]1. The van der Waals surface area contributed by atoms with E-state index >= 15 is 0 Å². The van der Waals surface area contributed by atoms with Crippen LogP contribution in [0.25, 0.3) is 0 Å². The number of nitrogens with zero attached hydrogens (tertiary/aromatic N) is 3. The van der Waals surface area contributed by atoms with Crippen LogP contribution in [0.4, 0.5) is 4.79 Å². The molecule has 0 aliphatic carbocycles. The van der Waals surface area contributed by atoms with Gasteiger partial charge in [0.2, 0.25) is 0 Å². The number of aromatic nitrogens is 2. The first-order valence-electron chi connectivity index (χ1n) is 6.98. The quantitative estimate of drug-likeness (QED) is 0.890. The summed E-state index contributed by atoms with van der Waals surface area (Å²) >= 11 is 0. The molecule has 3 heterocycles. The molecule has 2 amide bonds. The van der Waals surface area contributed by atoms with Gasteiger partial charge in [0, 0.05) is 32.0 Å². The number of hydrogen-bond donors (Lipinski definition) is 2. The van der Waals surface area contributed by atoms with Crippen LogP contribution in [0.15, 0.2) is 35.2 Å². The fraction of sp³-hybridized carbons (Fsp3) is 0.429. The van der Waals surface area contributed by atoms with Gasteiger partial charge in [-0.15, -0.1) is 0 Å². The maximum absolute atomic E-state index is 12.2. The Morgan fingerprint density at radius 1 is 1.57 bits per heavy atom. The van der Waals surface area contributed by atoms with Crippen molar-refractivity contribution < 1.29 is 9.21 Å². The van der Waals surface area contributed by atoms with Crippen LogP contribution in [0.1, 0.15) is 17.6 Å². The molecule has 2 aromatic heterocycles. The maximum atomic E-state index is 12.2. The van der Waals surface area contributed by atoms with Gasteiger partial charge in [-0.25, -0.2) is 9.78 Å². The Hall–Kier alpha value is -2.28. The van der Waals surface area contributed by atoms with E-state index in [1.54, 1.807) is 18.7 Å². The Kier molecular flexibility index (Phi) is 3.92. The minimum atomic E-state index is -0.0731. The lowest BCUT2D eigenvalue weighted by Gasteiger charge is -2.38. The molecule has 2 aromatic rings. The third-order valence-electron chi connectivity index (χ3n) is 3.76. The molecule has 112 valence electrons. The fourth-order valence-corrected chi connectivity index (χ4v) is 2.50. The highest BCUT2D eigenvalue weighted by Crippen LogP contribution is 2.20. The zero-order valence-corrected chi connectivity index (χ0v) is 12.0. The number of urea groups is 1. The van der Waals surface area contributed by atoms with Crippen LogP contribution in [-0.4, -0.2) is 52.5 Å². The van der Waals surface area contributed by atoms with E-state index in [-0.39, 0.29) is 12.1 Å². The molecule has 7 heteroatoms. The van der Waals surface area contributed by atoms with Crippen LogP contribution < -0.4 is 5.32 Å². The second kappa shape index (κ2) is 6.01. The standard InChI is InChI=1S/C14H19N5O2/c1-18-6-7-19(10-12(18)13-15-4-5-16-13)14(20)17-9-11-3-2-8-21-11/h2-5,8,12H,6-7,9-10H2,1H3,(H,15,16)(H,17,20)/t12-/m1/s1. The molecule has 0 saturated carbocycles. The first kappa shape index (κ1) is 13.7. The Bertz CT molecular complexity index is 566. The lowest BCUT2D eigenvalue weighted by molar-refractivity contribution is 0.106. The van der Waals surface area contributed by atoms with Gasteiger partial charge in [0.25, 0.3) is 0 Å². The normalized spacial score (nSPS) is 19.7. The molecular formula is C14H19N5O2. The van der Waals surface area contributed by atoms with Crippen molar-refractivity contribution in [3.8, 4) is 0 Å². The largest absolute Gasteiger partial charge is 0.467 e. The summed E-state index contributed by atoms with van der Waals surface area (Å²) in [6.45, 7) is 2.55. The van der Waals surface area contributed by atoms with E-state index in [1.165, 1.54) is 0 Å². The predicted molar refractivity (Wildman–Crippen MR) is 76.5 cm³/mol. The van der Waals surface area contributed by atoms with Gasteiger partial charge in [-0.2, -0.15) is 0 Å². The number of aromatic amines is 1.